The van der Waals surface area contributed by atoms with Gasteiger partial charge in [-0.2, -0.15) is 4.98 Å². The Morgan fingerprint density at radius 3 is 2.75 bits per heavy atom. The van der Waals surface area contributed by atoms with Crippen molar-refractivity contribution in [2.75, 3.05) is 5.48 Å². The fourth-order valence-electron chi connectivity index (χ4n) is 2.38. The summed E-state index contributed by atoms with van der Waals surface area (Å²) in [6.45, 7) is 5.59. The van der Waals surface area contributed by atoms with E-state index in [0.717, 1.165) is 5.56 Å². The third kappa shape index (κ3) is 4.49. The van der Waals surface area contributed by atoms with Gasteiger partial charge in [0.15, 0.2) is 0 Å². The zero-order chi connectivity index (χ0) is 20.3. The van der Waals surface area contributed by atoms with Gasteiger partial charge in [-0.05, 0) is 50.6 Å². The van der Waals surface area contributed by atoms with Gasteiger partial charge in [-0.3, -0.25) is 0 Å². The highest BCUT2D eigenvalue weighted by molar-refractivity contribution is 6.32. The van der Waals surface area contributed by atoms with E-state index in [0.29, 0.717) is 39.4 Å². The van der Waals surface area contributed by atoms with Gasteiger partial charge in [0.05, 0.1) is 11.8 Å². The standard InChI is InChI=1S/C18H17ClN4O5/c1-9(2)26-17-14(19)7-11(8-20-17)15-21-16(27-23-15)13-5-4-12(6-10(13)3)22-28-18(24)25/h4-9,22H,1-3H3,(H,24,25). The van der Waals surface area contributed by atoms with Crippen LogP contribution in [-0.2, 0) is 4.84 Å². The van der Waals surface area contributed by atoms with Crippen LogP contribution in [0.5, 0.6) is 5.88 Å². The molecule has 0 saturated heterocycles. The maximum Gasteiger partial charge on any atom is 0.530 e. The second-order valence-electron chi connectivity index (χ2n) is 6.10. The fourth-order valence-corrected chi connectivity index (χ4v) is 2.59. The summed E-state index contributed by atoms with van der Waals surface area (Å²) in [6.07, 6.45) is 0.0794. The minimum Gasteiger partial charge on any atom is -0.474 e. The number of carboxylic acid groups (broad SMARTS) is 1. The highest BCUT2D eigenvalue weighted by atomic mass is 35.5. The zero-order valence-electron chi connectivity index (χ0n) is 15.3. The number of aryl methyl sites for hydroxylation is 1. The average molecular weight is 405 g/mol. The summed E-state index contributed by atoms with van der Waals surface area (Å²) in [5, 5.41) is 12.9. The van der Waals surface area contributed by atoms with Crippen molar-refractivity contribution in [3.05, 3.63) is 41.0 Å². The molecule has 0 spiro atoms. The summed E-state index contributed by atoms with van der Waals surface area (Å²) < 4.78 is 10.9. The topological polar surface area (TPSA) is 120 Å². The molecule has 0 aliphatic heterocycles. The number of hydrogen-bond donors (Lipinski definition) is 2. The van der Waals surface area contributed by atoms with Crippen LogP contribution in [0.25, 0.3) is 22.8 Å². The van der Waals surface area contributed by atoms with Gasteiger partial charge in [-0.1, -0.05) is 16.8 Å². The van der Waals surface area contributed by atoms with Gasteiger partial charge in [0.2, 0.25) is 11.7 Å². The second kappa shape index (κ2) is 8.13. The molecule has 0 atom stereocenters. The van der Waals surface area contributed by atoms with Crippen LogP contribution in [0, 0.1) is 6.92 Å². The number of nitrogens with one attached hydrogen (secondary N) is 1. The van der Waals surface area contributed by atoms with Crippen molar-refractivity contribution in [3.8, 4) is 28.7 Å². The molecule has 146 valence electrons. The number of rotatable bonds is 6. The van der Waals surface area contributed by atoms with Crippen molar-refractivity contribution in [1.29, 1.82) is 0 Å². The smallest absolute Gasteiger partial charge is 0.474 e. The molecule has 3 aromatic rings. The fraction of sp³-hybridized carbons (Fsp3) is 0.222. The first kappa shape index (κ1) is 19.4. The molecule has 0 bridgehead atoms. The van der Waals surface area contributed by atoms with E-state index >= 15 is 0 Å². The molecule has 2 aromatic heterocycles. The molecule has 0 radical (unpaired) electrons. The van der Waals surface area contributed by atoms with Crippen LogP contribution in [-0.4, -0.2) is 32.5 Å². The lowest BCUT2D eigenvalue weighted by Gasteiger charge is -2.09. The Bertz CT molecular complexity index is 1010. The van der Waals surface area contributed by atoms with Gasteiger partial charge in [-0.15, -0.1) is 0 Å². The van der Waals surface area contributed by atoms with Crippen LogP contribution in [0.1, 0.15) is 19.4 Å². The van der Waals surface area contributed by atoms with E-state index in [9.17, 15) is 4.79 Å². The Hall–Kier alpha value is -3.33. The lowest BCUT2D eigenvalue weighted by atomic mass is 10.1. The van der Waals surface area contributed by atoms with Gasteiger partial charge in [0.25, 0.3) is 5.89 Å². The maximum atomic E-state index is 10.4. The minimum absolute atomic E-state index is 0.0473. The van der Waals surface area contributed by atoms with E-state index in [-0.39, 0.29) is 6.10 Å². The third-order valence-electron chi connectivity index (χ3n) is 3.55. The summed E-state index contributed by atoms with van der Waals surface area (Å²) in [7, 11) is 0. The first-order valence-corrected chi connectivity index (χ1v) is 8.64. The van der Waals surface area contributed by atoms with Crippen molar-refractivity contribution in [2.24, 2.45) is 0 Å². The predicted molar refractivity (Wildman–Crippen MR) is 101 cm³/mol. The molecular formula is C18H17ClN4O5. The van der Waals surface area contributed by atoms with E-state index in [4.69, 9.17) is 26.0 Å². The number of halogens is 1. The van der Waals surface area contributed by atoms with Crippen LogP contribution in [0.4, 0.5) is 10.5 Å². The number of hydrogen-bond acceptors (Lipinski definition) is 8. The van der Waals surface area contributed by atoms with Crippen molar-refractivity contribution in [1.82, 2.24) is 15.1 Å². The highest BCUT2D eigenvalue weighted by Crippen LogP contribution is 2.30. The third-order valence-corrected chi connectivity index (χ3v) is 3.82. The second-order valence-corrected chi connectivity index (χ2v) is 6.51. The number of benzene rings is 1. The Morgan fingerprint density at radius 1 is 1.32 bits per heavy atom. The first-order chi connectivity index (χ1) is 13.3. The lowest BCUT2D eigenvalue weighted by molar-refractivity contribution is 0.112. The molecule has 0 aliphatic carbocycles. The quantitative estimate of drug-likeness (QED) is 0.569. The SMILES string of the molecule is Cc1cc(NOC(=O)O)ccc1-c1nc(-c2cnc(OC(C)C)c(Cl)c2)no1. The maximum absolute atomic E-state index is 10.4. The summed E-state index contributed by atoms with van der Waals surface area (Å²) >= 11 is 6.21. The summed E-state index contributed by atoms with van der Waals surface area (Å²) in [5.41, 5.74) is 4.85. The Labute approximate surface area is 165 Å². The van der Waals surface area contributed by atoms with Gasteiger partial charge < -0.3 is 19.2 Å². The van der Waals surface area contributed by atoms with Crippen LogP contribution >= 0.6 is 11.6 Å². The molecule has 2 heterocycles. The van der Waals surface area contributed by atoms with Gasteiger partial charge >= 0.3 is 6.16 Å². The molecule has 0 aliphatic rings. The van der Waals surface area contributed by atoms with E-state index in [1.54, 1.807) is 30.5 Å². The molecule has 3 rings (SSSR count). The number of ether oxygens (including phenoxy) is 1. The van der Waals surface area contributed by atoms with E-state index in [1.165, 1.54) is 0 Å². The van der Waals surface area contributed by atoms with Crippen molar-refractivity contribution in [3.63, 3.8) is 0 Å². The first-order valence-electron chi connectivity index (χ1n) is 8.26. The minimum atomic E-state index is -1.43. The van der Waals surface area contributed by atoms with Crippen LogP contribution in [0.2, 0.25) is 5.02 Å². The molecule has 0 unspecified atom stereocenters. The largest absolute Gasteiger partial charge is 0.530 e. The molecule has 1 aromatic carbocycles. The number of anilines is 1. The van der Waals surface area contributed by atoms with Gasteiger partial charge in [-0.25, -0.2) is 15.3 Å². The highest BCUT2D eigenvalue weighted by Gasteiger charge is 2.15. The zero-order valence-corrected chi connectivity index (χ0v) is 16.0. The molecule has 9 nitrogen and oxygen atoms in total. The Balaban J connectivity index is 1.82. The summed E-state index contributed by atoms with van der Waals surface area (Å²) in [4.78, 5) is 23.3. The summed E-state index contributed by atoms with van der Waals surface area (Å²) in [5.74, 6) is 0.972. The van der Waals surface area contributed by atoms with Crippen molar-refractivity contribution < 1.29 is 24.0 Å². The Morgan fingerprint density at radius 2 is 2.11 bits per heavy atom. The van der Waals surface area contributed by atoms with Crippen LogP contribution < -0.4 is 10.2 Å². The van der Waals surface area contributed by atoms with E-state index in [2.05, 4.69) is 25.4 Å². The van der Waals surface area contributed by atoms with Crippen molar-refractivity contribution in [2.45, 2.75) is 26.9 Å². The monoisotopic (exact) mass is 404 g/mol. The Kier molecular flexibility index (Phi) is 5.65. The number of nitrogens with zero attached hydrogens (tertiary/aromatic N) is 3. The van der Waals surface area contributed by atoms with Gasteiger partial charge in [0.1, 0.15) is 5.02 Å². The molecule has 2 N–H and O–H groups in total. The van der Waals surface area contributed by atoms with E-state index in [1.807, 2.05) is 20.8 Å². The molecule has 28 heavy (non-hydrogen) atoms. The molecule has 0 fully saturated rings. The molecule has 0 saturated carbocycles. The average Bonchev–Trinajstić information content (AvgIpc) is 3.11. The van der Waals surface area contributed by atoms with Crippen LogP contribution in [0.15, 0.2) is 35.0 Å². The normalized spacial score (nSPS) is 10.8. The predicted octanol–water partition coefficient (Wildman–Crippen LogP) is 4.57. The lowest BCUT2D eigenvalue weighted by Crippen LogP contribution is -2.07. The molecule has 10 heteroatoms. The molecular weight excluding hydrogens is 388 g/mol. The number of carbonyl (C=O) groups is 1. The number of aromatic nitrogens is 3. The number of pyridine rings is 1. The molecule has 0 amide bonds. The van der Waals surface area contributed by atoms with E-state index < -0.39 is 6.16 Å². The van der Waals surface area contributed by atoms with Crippen molar-refractivity contribution >= 4 is 23.4 Å². The summed E-state index contributed by atoms with van der Waals surface area (Å²) in [6, 6.07) is 6.69. The van der Waals surface area contributed by atoms with Gasteiger partial charge in [0, 0.05) is 17.3 Å². The van der Waals surface area contributed by atoms with Crippen LogP contribution in [0.3, 0.4) is 0 Å².